The van der Waals surface area contributed by atoms with E-state index < -0.39 is 0 Å². The number of benzene rings is 1. The Morgan fingerprint density at radius 1 is 1.35 bits per heavy atom. The van der Waals surface area contributed by atoms with E-state index in [2.05, 4.69) is 0 Å². The number of carbonyl (C=O) groups is 1. The number of rotatable bonds is 2. The van der Waals surface area contributed by atoms with E-state index in [-0.39, 0.29) is 5.91 Å². The molecule has 0 atom stereocenters. The van der Waals surface area contributed by atoms with E-state index in [1.807, 2.05) is 36.1 Å². The van der Waals surface area contributed by atoms with Gasteiger partial charge in [-0.05, 0) is 43.0 Å². The van der Waals surface area contributed by atoms with Gasteiger partial charge in [-0.25, -0.2) is 0 Å². The van der Waals surface area contributed by atoms with Crippen LogP contribution in [0.25, 0.3) is 6.08 Å². The fraction of sp³-hybridized carbons (Fsp3) is 0.357. The maximum Gasteiger partial charge on any atom is 0.246 e. The third-order valence-corrected chi connectivity index (χ3v) is 3.44. The molecule has 1 saturated heterocycles. The molecule has 0 aromatic heterocycles. The summed E-state index contributed by atoms with van der Waals surface area (Å²) in [6.07, 6.45) is 5.70. The smallest absolute Gasteiger partial charge is 0.246 e. The van der Waals surface area contributed by atoms with E-state index in [9.17, 15) is 4.79 Å². The second kappa shape index (κ2) is 5.37. The summed E-state index contributed by atoms with van der Waals surface area (Å²) in [5.41, 5.74) is 2.02. The SMILES string of the molecule is Cc1ccc(C=CC(=O)N2CCCC2)cc1Cl. The third kappa shape index (κ3) is 3.10. The zero-order valence-corrected chi connectivity index (χ0v) is 10.7. The van der Waals surface area contributed by atoms with Crippen molar-refractivity contribution >= 4 is 23.6 Å². The maximum absolute atomic E-state index is 11.8. The highest BCUT2D eigenvalue weighted by atomic mass is 35.5. The number of halogens is 1. The standard InChI is InChI=1S/C14H16ClNO/c1-11-4-5-12(10-13(11)15)6-7-14(17)16-8-2-3-9-16/h4-7,10H,2-3,8-9H2,1H3. The predicted molar refractivity (Wildman–Crippen MR) is 71.0 cm³/mol. The molecule has 2 nitrogen and oxygen atoms in total. The lowest BCUT2D eigenvalue weighted by atomic mass is 10.1. The van der Waals surface area contributed by atoms with Gasteiger partial charge in [0.15, 0.2) is 0 Å². The van der Waals surface area contributed by atoms with Gasteiger partial charge in [-0.2, -0.15) is 0 Å². The van der Waals surface area contributed by atoms with Crippen molar-refractivity contribution in [3.8, 4) is 0 Å². The van der Waals surface area contributed by atoms with Crippen molar-refractivity contribution in [2.24, 2.45) is 0 Å². The highest BCUT2D eigenvalue weighted by Gasteiger charge is 2.14. The molecule has 1 aromatic rings. The molecule has 0 saturated carbocycles. The van der Waals surface area contributed by atoms with E-state index >= 15 is 0 Å². The molecule has 1 aromatic carbocycles. The summed E-state index contributed by atoms with van der Waals surface area (Å²) in [6, 6.07) is 5.81. The van der Waals surface area contributed by atoms with E-state index in [0.29, 0.717) is 0 Å². The first-order valence-electron chi connectivity index (χ1n) is 5.90. The lowest BCUT2D eigenvalue weighted by Gasteiger charge is -2.11. The van der Waals surface area contributed by atoms with Crippen molar-refractivity contribution in [1.29, 1.82) is 0 Å². The number of hydrogen-bond acceptors (Lipinski definition) is 1. The molecule has 1 heterocycles. The highest BCUT2D eigenvalue weighted by molar-refractivity contribution is 6.31. The van der Waals surface area contributed by atoms with Gasteiger partial charge in [-0.3, -0.25) is 4.79 Å². The van der Waals surface area contributed by atoms with E-state index in [0.717, 1.165) is 42.1 Å². The van der Waals surface area contributed by atoms with Gasteiger partial charge in [0.25, 0.3) is 0 Å². The van der Waals surface area contributed by atoms with Gasteiger partial charge in [0.05, 0.1) is 0 Å². The molecule has 0 radical (unpaired) electrons. The van der Waals surface area contributed by atoms with E-state index in [1.54, 1.807) is 6.08 Å². The number of likely N-dealkylation sites (tertiary alicyclic amines) is 1. The maximum atomic E-state index is 11.8. The molecule has 2 rings (SSSR count). The van der Waals surface area contributed by atoms with Gasteiger partial charge in [0.1, 0.15) is 0 Å². The second-order valence-corrected chi connectivity index (χ2v) is 4.78. The van der Waals surface area contributed by atoms with Gasteiger partial charge in [-0.1, -0.05) is 23.7 Å². The summed E-state index contributed by atoms with van der Waals surface area (Å²) in [5, 5.41) is 0.737. The van der Waals surface area contributed by atoms with Crippen LogP contribution < -0.4 is 0 Å². The number of amides is 1. The Bertz CT molecular complexity index is 448. The molecule has 1 fully saturated rings. The Morgan fingerprint density at radius 2 is 2.06 bits per heavy atom. The summed E-state index contributed by atoms with van der Waals surface area (Å²) < 4.78 is 0. The first kappa shape index (κ1) is 12.2. The molecule has 0 unspecified atom stereocenters. The Labute approximate surface area is 107 Å². The number of aryl methyl sites for hydroxylation is 1. The molecular weight excluding hydrogens is 234 g/mol. The molecule has 0 N–H and O–H groups in total. The molecule has 0 bridgehead atoms. The van der Waals surface area contributed by atoms with Crippen molar-refractivity contribution in [3.63, 3.8) is 0 Å². The van der Waals surface area contributed by atoms with Crippen LogP contribution in [0.1, 0.15) is 24.0 Å². The lowest BCUT2D eigenvalue weighted by molar-refractivity contribution is -0.124. The molecule has 3 heteroatoms. The first-order valence-corrected chi connectivity index (χ1v) is 6.28. The first-order chi connectivity index (χ1) is 8.16. The van der Waals surface area contributed by atoms with E-state index in [4.69, 9.17) is 11.6 Å². The third-order valence-electron chi connectivity index (χ3n) is 3.03. The van der Waals surface area contributed by atoms with Gasteiger partial charge >= 0.3 is 0 Å². The lowest BCUT2D eigenvalue weighted by Crippen LogP contribution is -2.25. The average Bonchev–Trinajstić information content (AvgIpc) is 2.84. The number of nitrogens with zero attached hydrogens (tertiary/aromatic N) is 1. The quantitative estimate of drug-likeness (QED) is 0.737. The van der Waals surface area contributed by atoms with Gasteiger partial charge < -0.3 is 4.90 Å². The fourth-order valence-electron chi connectivity index (χ4n) is 1.92. The van der Waals surface area contributed by atoms with Gasteiger partial charge in [0.2, 0.25) is 5.91 Å². The largest absolute Gasteiger partial charge is 0.339 e. The van der Waals surface area contributed by atoms with Gasteiger partial charge in [-0.15, -0.1) is 0 Å². The molecule has 0 aliphatic carbocycles. The normalized spacial score (nSPS) is 15.8. The number of carbonyl (C=O) groups excluding carboxylic acids is 1. The summed E-state index contributed by atoms with van der Waals surface area (Å²) >= 11 is 6.03. The topological polar surface area (TPSA) is 20.3 Å². The Morgan fingerprint density at radius 3 is 2.71 bits per heavy atom. The Kier molecular flexibility index (Phi) is 3.85. The second-order valence-electron chi connectivity index (χ2n) is 4.37. The molecule has 17 heavy (non-hydrogen) atoms. The van der Waals surface area contributed by atoms with Crippen LogP contribution in [-0.4, -0.2) is 23.9 Å². The molecule has 1 amide bonds. The number of hydrogen-bond donors (Lipinski definition) is 0. The molecule has 1 aliphatic heterocycles. The summed E-state index contributed by atoms with van der Waals surface area (Å²) in [5.74, 6) is 0.0965. The Balaban J connectivity index is 2.04. The van der Waals surface area contributed by atoms with Crippen LogP contribution in [0.2, 0.25) is 5.02 Å². The van der Waals surface area contributed by atoms with Crippen LogP contribution in [0.3, 0.4) is 0 Å². The van der Waals surface area contributed by atoms with E-state index in [1.165, 1.54) is 0 Å². The van der Waals surface area contributed by atoms with Gasteiger partial charge in [0, 0.05) is 24.2 Å². The van der Waals surface area contributed by atoms with Crippen LogP contribution >= 0.6 is 11.6 Å². The zero-order valence-electron chi connectivity index (χ0n) is 9.95. The monoisotopic (exact) mass is 249 g/mol. The highest BCUT2D eigenvalue weighted by Crippen LogP contribution is 2.17. The zero-order chi connectivity index (χ0) is 12.3. The van der Waals surface area contributed by atoms with Crippen molar-refractivity contribution in [2.45, 2.75) is 19.8 Å². The molecule has 0 spiro atoms. The van der Waals surface area contributed by atoms with Crippen molar-refractivity contribution in [3.05, 3.63) is 40.4 Å². The van der Waals surface area contributed by atoms with Crippen molar-refractivity contribution in [2.75, 3.05) is 13.1 Å². The Hall–Kier alpha value is -1.28. The van der Waals surface area contributed by atoms with Crippen molar-refractivity contribution < 1.29 is 4.79 Å². The van der Waals surface area contributed by atoms with Crippen LogP contribution in [0, 0.1) is 6.92 Å². The molecule has 1 aliphatic rings. The van der Waals surface area contributed by atoms with Crippen LogP contribution in [0.5, 0.6) is 0 Å². The van der Waals surface area contributed by atoms with Crippen LogP contribution in [0.4, 0.5) is 0 Å². The minimum Gasteiger partial charge on any atom is -0.339 e. The molecule has 90 valence electrons. The fourth-order valence-corrected chi connectivity index (χ4v) is 2.11. The average molecular weight is 250 g/mol. The minimum absolute atomic E-state index is 0.0965. The minimum atomic E-state index is 0.0965. The van der Waals surface area contributed by atoms with Crippen molar-refractivity contribution in [1.82, 2.24) is 4.90 Å². The van der Waals surface area contributed by atoms with Crippen LogP contribution in [-0.2, 0) is 4.79 Å². The summed E-state index contributed by atoms with van der Waals surface area (Å²) in [7, 11) is 0. The summed E-state index contributed by atoms with van der Waals surface area (Å²) in [6.45, 7) is 3.74. The molecular formula is C14H16ClNO. The van der Waals surface area contributed by atoms with Crippen LogP contribution in [0.15, 0.2) is 24.3 Å². The predicted octanol–water partition coefficient (Wildman–Crippen LogP) is 3.28. The summed E-state index contributed by atoms with van der Waals surface area (Å²) in [4.78, 5) is 13.7.